The molecular formula is C9H10N2O5S2. The summed E-state index contributed by atoms with van der Waals surface area (Å²) in [7, 11) is 0. The fraction of sp³-hybridized carbons (Fsp3) is 0.444. The average molecular weight is 290 g/mol. The molecule has 0 aliphatic carbocycles. The van der Waals surface area contributed by atoms with E-state index in [0.717, 1.165) is 11.8 Å². The van der Waals surface area contributed by atoms with E-state index in [1.807, 2.05) is 0 Å². The van der Waals surface area contributed by atoms with Crippen LogP contribution in [0.25, 0.3) is 0 Å². The predicted octanol–water partition coefficient (Wildman–Crippen LogP) is -0.310. The number of carbonyl (C=O) groups excluding carboxylic acids is 1. The van der Waals surface area contributed by atoms with Crippen LogP contribution < -0.4 is 5.73 Å². The Hall–Kier alpha value is -1.19. The first-order valence-corrected chi connectivity index (χ1v) is 6.85. The molecule has 2 rings (SSSR count). The second-order valence-electron chi connectivity index (χ2n) is 3.74. The molecule has 18 heavy (non-hydrogen) atoms. The van der Waals surface area contributed by atoms with Gasteiger partial charge in [0.1, 0.15) is 6.04 Å². The van der Waals surface area contributed by atoms with Gasteiger partial charge in [0.15, 0.2) is 5.70 Å². The van der Waals surface area contributed by atoms with Crippen molar-refractivity contribution < 1.29 is 24.6 Å². The largest absolute Gasteiger partial charge is 0.480 e. The molecule has 0 aromatic carbocycles. The number of thioether (sulfide) groups is 2. The van der Waals surface area contributed by atoms with Crippen LogP contribution in [-0.4, -0.2) is 50.1 Å². The Morgan fingerprint density at radius 2 is 2.22 bits per heavy atom. The highest BCUT2D eigenvalue weighted by Gasteiger charge is 2.48. The summed E-state index contributed by atoms with van der Waals surface area (Å²) in [5.74, 6) is -2.46. The average Bonchev–Trinajstić information content (AvgIpc) is 2.58. The number of amides is 1. The zero-order valence-corrected chi connectivity index (χ0v) is 10.7. The van der Waals surface area contributed by atoms with Crippen molar-refractivity contribution in [1.82, 2.24) is 4.90 Å². The Morgan fingerprint density at radius 1 is 1.56 bits per heavy atom. The van der Waals surface area contributed by atoms with Crippen molar-refractivity contribution >= 4 is 41.4 Å². The lowest BCUT2D eigenvalue weighted by Crippen LogP contribution is -2.48. The van der Waals surface area contributed by atoms with Crippen LogP contribution in [-0.2, 0) is 14.4 Å². The molecule has 0 bridgehead atoms. The molecule has 2 aliphatic rings. The fourth-order valence-electron chi connectivity index (χ4n) is 1.56. The van der Waals surface area contributed by atoms with Crippen molar-refractivity contribution in [3.8, 4) is 0 Å². The standard InChI is InChI=1S/C9H10N2O5S2/c10-3(7(13)14)2-17-9-6(8(15)16)11-4(12)1-5(11)18-9/h3,5H,1-2,10H2,(H,13,14)(H,15,16)/t3-,5-/m0/s1. The van der Waals surface area contributed by atoms with Crippen LogP contribution in [0.2, 0.25) is 0 Å². The van der Waals surface area contributed by atoms with Gasteiger partial charge in [0.25, 0.3) is 0 Å². The molecule has 7 nitrogen and oxygen atoms in total. The predicted molar refractivity (Wildman–Crippen MR) is 65.6 cm³/mol. The molecule has 0 aromatic rings. The first kappa shape index (κ1) is 13.2. The zero-order chi connectivity index (χ0) is 13.4. The molecule has 2 heterocycles. The maximum absolute atomic E-state index is 11.3. The second kappa shape index (κ2) is 4.82. The first-order valence-electron chi connectivity index (χ1n) is 4.99. The van der Waals surface area contributed by atoms with E-state index in [9.17, 15) is 14.4 Å². The topological polar surface area (TPSA) is 121 Å². The SMILES string of the molecule is N[C@@H](CSC1=C(C(=O)O)N2C(=O)C[C@@H]2S1)C(=O)O. The molecule has 0 radical (unpaired) electrons. The van der Waals surface area contributed by atoms with Crippen molar-refractivity contribution in [2.45, 2.75) is 17.8 Å². The number of hydrogen-bond acceptors (Lipinski definition) is 6. The minimum absolute atomic E-state index is 0.0520. The van der Waals surface area contributed by atoms with E-state index in [4.69, 9.17) is 15.9 Å². The van der Waals surface area contributed by atoms with Gasteiger partial charge in [0.2, 0.25) is 5.91 Å². The number of aliphatic carboxylic acids is 2. The van der Waals surface area contributed by atoms with Crippen molar-refractivity contribution in [1.29, 1.82) is 0 Å². The van der Waals surface area contributed by atoms with Crippen LogP contribution in [0.1, 0.15) is 6.42 Å². The van der Waals surface area contributed by atoms with Gasteiger partial charge in [0, 0.05) is 5.75 Å². The minimum atomic E-state index is -1.18. The number of rotatable bonds is 5. The Bertz CT molecular complexity index is 464. The normalized spacial score (nSPS) is 23.7. The lowest BCUT2D eigenvalue weighted by atomic mass is 10.2. The highest BCUT2D eigenvalue weighted by atomic mass is 32.2. The maximum atomic E-state index is 11.3. The summed E-state index contributed by atoms with van der Waals surface area (Å²) in [6.45, 7) is 0. The van der Waals surface area contributed by atoms with Gasteiger partial charge in [-0.2, -0.15) is 0 Å². The molecule has 0 spiro atoms. The van der Waals surface area contributed by atoms with E-state index in [2.05, 4.69) is 0 Å². The molecule has 1 saturated heterocycles. The molecule has 1 fully saturated rings. The molecule has 2 aliphatic heterocycles. The number of nitrogens with zero attached hydrogens (tertiary/aromatic N) is 1. The number of fused-ring (bicyclic) bond motifs is 1. The number of carboxylic acid groups (broad SMARTS) is 2. The smallest absolute Gasteiger partial charge is 0.354 e. The molecular weight excluding hydrogens is 280 g/mol. The minimum Gasteiger partial charge on any atom is -0.480 e. The second-order valence-corrected chi connectivity index (χ2v) is 6.21. The summed E-state index contributed by atoms with van der Waals surface area (Å²) >= 11 is 2.34. The van der Waals surface area contributed by atoms with E-state index in [0.29, 0.717) is 10.7 Å². The lowest BCUT2D eigenvalue weighted by molar-refractivity contribution is -0.145. The summed E-state index contributed by atoms with van der Waals surface area (Å²) in [5.41, 5.74) is 5.30. The van der Waals surface area contributed by atoms with E-state index in [1.165, 1.54) is 16.7 Å². The number of hydrogen-bond donors (Lipinski definition) is 3. The summed E-state index contributed by atoms with van der Waals surface area (Å²) in [6.07, 6.45) is 0.316. The van der Waals surface area contributed by atoms with Crippen LogP contribution in [0.5, 0.6) is 0 Å². The first-order chi connectivity index (χ1) is 8.41. The Morgan fingerprint density at radius 3 is 2.72 bits per heavy atom. The summed E-state index contributed by atoms with van der Waals surface area (Å²) in [6, 6.07) is -1.05. The van der Waals surface area contributed by atoms with Gasteiger partial charge in [-0.05, 0) is 0 Å². The van der Waals surface area contributed by atoms with Gasteiger partial charge in [-0.3, -0.25) is 14.5 Å². The van der Waals surface area contributed by atoms with E-state index < -0.39 is 18.0 Å². The third kappa shape index (κ3) is 2.20. The number of nitrogens with two attached hydrogens (primary N) is 1. The van der Waals surface area contributed by atoms with Crippen molar-refractivity contribution in [3.63, 3.8) is 0 Å². The van der Waals surface area contributed by atoms with Gasteiger partial charge in [0.05, 0.1) is 16.0 Å². The van der Waals surface area contributed by atoms with E-state index >= 15 is 0 Å². The van der Waals surface area contributed by atoms with Crippen LogP contribution in [0.3, 0.4) is 0 Å². The molecule has 9 heteroatoms. The quantitative estimate of drug-likeness (QED) is 0.590. The highest BCUT2D eigenvalue weighted by Crippen LogP contribution is 2.50. The highest BCUT2D eigenvalue weighted by molar-refractivity contribution is 8.22. The van der Waals surface area contributed by atoms with E-state index in [1.54, 1.807) is 0 Å². The fourth-order valence-corrected chi connectivity index (χ4v) is 4.26. The third-order valence-electron chi connectivity index (χ3n) is 2.50. The van der Waals surface area contributed by atoms with Crippen LogP contribution in [0.15, 0.2) is 9.93 Å². The lowest BCUT2D eigenvalue weighted by Gasteiger charge is -2.33. The van der Waals surface area contributed by atoms with Crippen molar-refractivity contribution in [3.05, 3.63) is 9.93 Å². The molecule has 0 unspecified atom stereocenters. The summed E-state index contributed by atoms with van der Waals surface area (Å²) in [5, 5.41) is 17.6. The number of carboxylic acids is 2. The van der Waals surface area contributed by atoms with E-state index in [-0.39, 0.29) is 22.7 Å². The molecule has 98 valence electrons. The molecule has 2 atom stereocenters. The van der Waals surface area contributed by atoms with Crippen molar-refractivity contribution in [2.24, 2.45) is 5.73 Å². The maximum Gasteiger partial charge on any atom is 0.354 e. The van der Waals surface area contributed by atoms with Gasteiger partial charge in [-0.1, -0.05) is 11.8 Å². The number of carbonyl (C=O) groups is 3. The number of β-lactam (4-membered cyclic amide) rings is 1. The van der Waals surface area contributed by atoms with Crippen LogP contribution in [0, 0.1) is 0 Å². The molecule has 4 N–H and O–H groups in total. The molecule has 1 amide bonds. The molecule has 0 saturated carbocycles. The van der Waals surface area contributed by atoms with Gasteiger partial charge < -0.3 is 15.9 Å². The molecule has 0 aromatic heterocycles. The zero-order valence-electron chi connectivity index (χ0n) is 9.03. The van der Waals surface area contributed by atoms with Gasteiger partial charge >= 0.3 is 11.9 Å². The summed E-state index contributed by atoms with van der Waals surface area (Å²) < 4.78 is 0.454. The third-order valence-corrected chi connectivity index (χ3v) is 5.18. The monoisotopic (exact) mass is 290 g/mol. The Kier molecular flexibility index (Phi) is 3.55. The Balaban J connectivity index is 2.09. The van der Waals surface area contributed by atoms with Crippen LogP contribution in [0.4, 0.5) is 0 Å². The van der Waals surface area contributed by atoms with Gasteiger partial charge in [-0.15, -0.1) is 11.8 Å². The Labute approximate surface area is 110 Å². The van der Waals surface area contributed by atoms with Gasteiger partial charge in [-0.25, -0.2) is 4.79 Å². The summed E-state index contributed by atoms with van der Waals surface area (Å²) in [4.78, 5) is 34.2. The van der Waals surface area contributed by atoms with Crippen molar-refractivity contribution in [2.75, 3.05) is 5.75 Å². The van der Waals surface area contributed by atoms with Crippen LogP contribution >= 0.6 is 23.5 Å².